The molecule has 0 spiro atoms. The van der Waals surface area contributed by atoms with Crippen LogP contribution in [0.25, 0.3) is 0 Å². The van der Waals surface area contributed by atoms with Crippen LogP contribution in [0.4, 0.5) is 0 Å². The summed E-state index contributed by atoms with van der Waals surface area (Å²) < 4.78 is 0. The van der Waals surface area contributed by atoms with Crippen molar-refractivity contribution >= 4 is 48.0 Å². The third kappa shape index (κ3) is 12.7. The first-order valence-corrected chi connectivity index (χ1v) is 3.33. The Hall–Kier alpha value is 0.744. The van der Waals surface area contributed by atoms with Crippen LogP contribution in [0.3, 0.4) is 0 Å². The SMILES string of the molecule is I.I.[V].[cH-]1[cH-][cH-][cH-][cH-]1.c1cc[cH-]c1. The minimum Gasteiger partial charge on any atom is -0.748 e. The number of rotatable bonds is 0. The van der Waals surface area contributed by atoms with Crippen LogP contribution in [-0.2, 0) is 18.6 Å². The van der Waals surface area contributed by atoms with Crippen LogP contribution in [0, 0.1) is 0 Å². The molecule has 13 heavy (non-hydrogen) atoms. The van der Waals surface area contributed by atoms with Crippen molar-refractivity contribution in [3.05, 3.63) is 60.7 Å². The first-order chi connectivity index (χ1) is 5.00. The summed E-state index contributed by atoms with van der Waals surface area (Å²) in [6, 6.07) is 20.0. The Balaban J connectivity index is -0.000000125. The second-order valence-corrected chi connectivity index (χ2v) is 1.92. The standard InChI is InChI=1S/2C5H5.2HI.V/c2*1-2-4-5-3-1;;;/h2*1-5H;2*1H;/q-5;-1;;;. The zero-order chi connectivity index (χ0) is 7.07. The van der Waals surface area contributed by atoms with Crippen LogP contribution in [0.1, 0.15) is 0 Å². The largest absolute Gasteiger partial charge is 0.748 e. The van der Waals surface area contributed by atoms with Crippen molar-refractivity contribution in [2.75, 3.05) is 0 Å². The number of halogens is 2. The molecule has 0 N–H and O–H groups in total. The molecule has 0 unspecified atom stereocenters. The van der Waals surface area contributed by atoms with Gasteiger partial charge in [0.25, 0.3) is 0 Å². The van der Waals surface area contributed by atoms with E-state index in [1.54, 1.807) is 0 Å². The molecule has 77 valence electrons. The van der Waals surface area contributed by atoms with Crippen LogP contribution in [0.15, 0.2) is 60.7 Å². The fourth-order valence-electron chi connectivity index (χ4n) is 0.642. The van der Waals surface area contributed by atoms with Crippen LogP contribution in [0.5, 0.6) is 0 Å². The molecule has 0 aromatic heterocycles. The first kappa shape index (κ1) is 19.3. The van der Waals surface area contributed by atoms with Gasteiger partial charge in [-0.25, -0.2) is 12.1 Å². The van der Waals surface area contributed by atoms with E-state index in [1.807, 2.05) is 60.7 Å². The van der Waals surface area contributed by atoms with Gasteiger partial charge >= 0.3 is 0 Å². The van der Waals surface area contributed by atoms with Crippen molar-refractivity contribution in [1.82, 2.24) is 0 Å². The smallest absolute Gasteiger partial charge is 0 e. The predicted molar refractivity (Wildman–Crippen MR) is 74.9 cm³/mol. The summed E-state index contributed by atoms with van der Waals surface area (Å²) in [5, 5.41) is 0. The van der Waals surface area contributed by atoms with Crippen LogP contribution in [0.2, 0.25) is 0 Å². The molecule has 0 amide bonds. The van der Waals surface area contributed by atoms with Crippen molar-refractivity contribution < 1.29 is 18.6 Å². The van der Waals surface area contributed by atoms with Crippen LogP contribution >= 0.6 is 48.0 Å². The molecule has 0 aliphatic rings. The van der Waals surface area contributed by atoms with Crippen LogP contribution < -0.4 is 0 Å². The van der Waals surface area contributed by atoms with E-state index in [-0.39, 0.29) is 66.5 Å². The van der Waals surface area contributed by atoms with Gasteiger partial charge in [0.05, 0.1) is 0 Å². The fourth-order valence-corrected chi connectivity index (χ4v) is 0.642. The topological polar surface area (TPSA) is 0 Å². The quantitative estimate of drug-likeness (QED) is 0.432. The molecule has 0 nitrogen and oxygen atoms in total. The summed E-state index contributed by atoms with van der Waals surface area (Å²) in [6.07, 6.45) is 0. The van der Waals surface area contributed by atoms with E-state index in [0.29, 0.717) is 0 Å². The summed E-state index contributed by atoms with van der Waals surface area (Å²) in [4.78, 5) is 0. The van der Waals surface area contributed by atoms with Gasteiger partial charge in [0.2, 0.25) is 0 Å². The van der Waals surface area contributed by atoms with Gasteiger partial charge < -0.3 is 30.3 Å². The molecule has 2 aromatic rings. The summed E-state index contributed by atoms with van der Waals surface area (Å²) >= 11 is 0. The molecule has 1 radical (unpaired) electrons. The Morgan fingerprint density at radius 2 is 0.923 bits per heavy atom. The maximum atomic E-state index is 2.00. The minimum atomic E-state index is 0. The molecule has 0 atom stereocenters. The molecule has 0 aliphatic carbocycles. The Morgan fingerprint density at radius 3 is 1.08 bits per heavy atom. The minimum absolute atomic E-state index is 0. The van der Waals surface area contributed by atoms with Gasteiger partial charge in [-0.1, -0.05) is 0 Å². The monoisotopic (exact) mass is 437 g/mol. The van der Waals surface area contributed by atoms with Crippen LogP contribution in [-0.4, -0.2) is 0 Å². The Morgan fingerprint density at radius 1 is 0.615 bits per heavy atom. The van der Waals surface area contributed by atoms with Gasteiger partial charge in [-0.2, -0.15) is 18.2 Å². The summed E-state index contributed by atoms with van der Waals surface area (Å²) in [7, 11) is 0. The molecular weight excluding hydrogens is 425 g/mol. The first-order valence-electron chi connectivity index (χ1n) is 3.33. The third-order valence-electron chi connectivity index (χ3n) is 1.11. The third-order valence-corrected chi connectivity index (χ3v) is 1.11. The molecular formula is C10H12I2V-6. The maximum Gasteiger partial charge on any atom is 0 e. The molecule has 0 fully saturated rings. The van der Waals surface area contributed by atoms with Gasteiger partial charge in [-0.3, -0.25) is 0 Å². The Kier molecular flexibility index (Phi) is 22.7. The summed E-state index contributed by atoms with van der Waals surface area (Å²) in [5.74, 6) is 0. The number of hydrogen-bond acceptors (Lipinski definition) is 0. The summed E-state index contributed by atoms with van der Waals surface area (Å²) in [5.41, 5.74) is 0. The molecule has 0 heterocycles. The molecule has 2 aromatic carbocycles. The van der Waals surface area contributed by atoms with E-state index in [9.17, 15) is 0 Å². The van der Waals surface area contributed by atoms with E-state index < -0.39 is 0 Å². The summed E-state index contributed by atoms with van der Waals surface area (Å²) in [6.45, 7) is 0. The van der Waals surface area contributed by atoms with Crippen molar-refractivity contribution in [2.45, 2.75) is 0 Å². The van der Waals surface area contributed by atoms with Gasteiger partial charge in [0.15, 0.2) is 0 Å². The van der Waals surface area contributed by atoms with Crippen molar-refractivity contribution in [2.24, 2.45) is 0 Å². The normalized spacial score (nSPS) is 6.15. The van der Waals surface area contributed by atoms with Gasteiger partial charge in [-0.15, -0.1) is 48.0 Å². The molecule has 0 bridgehead atoms. The zero-order valence-electron chi connectivity index (χ0n) is 7.04. The van der Waals surface area contributed by atoms with E-state index in [1.165, 1.54) is 0 Å². The zero-order valence-corrected chi connectivity index (χ0v) is 13.1. The molecule has 0 saturated carbocycles. The van der Waals surface area contributed by atoms with E-state index in [0.717, 1.165) is 0 Å². The van der Waals surface area contributed by atoms with Gasteiger partial charge in [-0.05, 0) is 0 Å². The van der Waals surface area contributed by atoms with E-state index >= 15 is 0 Å². The fraction of sp³-hybridized carbons (Fsp3) is 0. The van der Waals surface area contributed by atoms with Gasteiger partial charge in [0, 0.05) is 18.6 Å². The second-order valence-electron chi connectivity index (χ2n) is 1.92. The molecule has 2 rings (SSSR count). The van der Waals surface area contributed by atoms with Crippen molar-refractivity contribution in [3.8, 4) is 0 Å². The maximum absolute atomic E-state index is 2.00. The van der Waals surface area contributed by atoms with Crippen molar-refractivity contribution in [1.29, 1.82) is 0 Å². The van der Waals surface area contributed by atoms with Crippen molar-refractivity contribution in [3.63, 3.8) is 0 Å². The average Bonchev–Trinajstić information content (AvgIpc) is 2.67. The predicted octanol–water partition coefficient (Wildman–Crippen LogP) is 4.04. The molecule has 0 saturated heterocycles. The Bertz CT molecular complexity index is 152. The van der Waals surface area contributed by atoms with E-state index in [4.69, 9.17) is 0 Å². The molecule has 0 aliphatic heterocycles. The van der Waals surface area contributed by atoms with Gasteiger partial charge in [0.1, 0.15) is 0 Å². The number of hydrogen-bond donors (Lipinski definition) is 0. The molecule has 3 heteroatoms. The Labute approximate surface area is 126 Å². The second kappa shape index (κ2) is 15.2. The average molecular weight is 437 g/mol. The van der Waals surface area contributed by atoms with E-state index in [2.05, 4.69) is 0 Å².